The molecular weight excluding hydrogens is 319 g/mol. The molecule has 0 radical (unpaired) electrons. The summed E-state index contributed by atoms with van der Waals surface area (Å²) in [4.78, 5) is 25.7. The molecule has 2 heterocycles. The molecule has 3 rings (SSSR count). The van der Waals surface area contributed by atoms with E-state index < -0.39 is 0 Å². The lowest BCUT2D eigenvalue weighted by molar-refractivity contribution is -0.131. The number of nitrogens with zero attached hydrogens (tertiary/aromatic N) is 4. The molecule has 0 aliphatic carbocycles. The average molecular weight is 342 g/mol. The molecule has 1 atom stereocenters. The summed E-state index contributed by atoms with van der Waals surface area (Å²) in [5.41, 5.74) is 1.77. The number of halogens is 1. The first-order valence-corrected chi connectivity index (χ1v) is 8.53. The van der Waals surface area contributed by atoms with Crippen LogP contribution < -0.4 is 0 Å². The van der Waals surface area contributed by atoms with Crippen LogP contribution in [0.5, 0.6) is 0 Å². The molecule has 5 nitrogen and oxygen atoms in total. The lowest BCUT2D eigenvalue weighted by Gasteiger charge is -2.24. The molecule has 0 bridgehead atoms. The first kappa shape index (κ1) is 17.5. The van der Waals surface area contributed by atoms with Gasteiger partial charge in [0.1, 0.15) is 5.82 Å². The maximum atomic E-state index is 13.0. The van der Waals surface area contributed by atoms with Gasteiger partial charge in [-0.3, -0.25) is 4.79 Å². The van der Waals surface area contributed by atoms with Gasteiger partial charge in [0.15, 0.2) is 5.82 Å². The lowest BCUT2D eigenvalue weighted by Crippen LogP contribution is -2.32. The van der Waals surface area contributed by atoms with Gasteiger partial charge >= 0.3 is 0 Å². The Balaban J connectivity index is 1.73. The maximum Gasteiger partial charge on any atom is 0.227 e. The van der Waals surface area contributed by atoms with E-state index in [1.54, 1.807) is 18.3 Å². The Hall–Kier alpha value is -2.34. The number of hydrogen-bond donors (Lipinski definition) is 0. The smallest absolute Gasteiger partial charge is 0.227 e. The summed E-state index contributed by atoms with van der Waals surface area (Å²) in [6.45, 7) is 1.46. The van der Waals surface area contributed by atoms with Crippen molar-refractivity contribution in [3.8, 4) is 0 Å². The number of aromatic nitrogens is 2. The molecule has 1 aliphatic rings. The second-order valence-corrected chi connectivity index (χ2v) is 6.69. The molecule has 2 aromatic rings. The Labute approximate surface area is 147 Å². The molecule has 0 N–H and O–H groups in total. The lowest BCUT2D eigenvalue weighted by atomic mass is 10.1. The quantitative estimate of drug-likeness (QED) is 0.838. The van der Waals surface area contributed by atoms with E-state index in [0.717, 1.165) is 30.6 Å². The minimum absolute atomic E-state index is 0.0377. The van der Waals surface area contributed by atoms with Gasteiger partial charge in [-0.25, -0.2) is 14.4 Å². The molecular formula is C19H23FN4O. The third kappa shape index (κ3) is 4.39. The van der Waals surface area contributed by atoms with Gasteiger partial charge in [-0.15, -0.1) is 0 Å². The molecule has 0 spiro atoms. The third-order valence-corrected chi connectivity index (χ3v) is 4.35. The van der Waals surface area contributed by atoms with Crippen molar-refractivity contribution in [2.24, 2.45) is 0 Å². The highest BCUT2D eigenvalue weighted by atomic mass is 19.1. The fourth-order valence-corrected chi connectivity index (χ4v) is 3.20. The van der Waals surface area contributed by atoms with E-state index in [-0.39, 0.29) is 24.2 Å². The van der Waals surface area contributed by atoms with E-state index in [0.29, 0.717) is 12.4 Å². The second kappa shape index (κ2) is 7.70. The monoisotopic (exact) mass is 342 g/mol. The van der Waals surface area contributed by atoms with Crippen LogP contribution in [-0.4, -0.2) is 46.3 Å². The van der Waals surface area contributed by atoms with Crippen LogP contribution in [0, 0.1) is 5.82 Å². The van der Waals surface area contributed by atoms with Crippen molar-refractivity contribution >= 4 is 5.91 Å². The van der Waals surface area contributed by atoms with Crippen LogP contribution in [-0.2, 0) is 17.8 Å². The Morgan fingerprint density at radius 2 is 2.04 bits per heavy atom. The Morgan fingerprint density at radius 3 is 2.76 bits per heavy atom. The van der Waals surface area contributed by atoms with Crippen LogP contribution in [0.3, 0.4) is 0 Å². The molecule has 1 saturated heterocycles. The molecule has 1 aliphatic heterocycles. The molecule has 1 amide bonds. The predicted octanol–water partition coefficient (Wildman–Crippen LogP) is 2.58. The number of benzene rings is 1. The standard InChI is InChI=1S/C19H23FN4O/c1-23(2)13-16-9-10-21-19(22-16)17-4-3-11-24(17)18(25)12-14-5-7-15(20)8-6-14/h5-10,17H,3-4,11-13H2,1-2H3/t17-/m1/s1. The van der Waals surface area contributed by atoms with Gasteiger partial charge in [0.05, 0.1) is 18.2 Å². The second-order valence-electron chi connectivity index (χ2n) is 6.69. The summed E-state index contributed by atoms with van der Waals surface area (Å²) >= 11 is 0. The van der Waals surface area contributed by atoms with E-state index in [1.807, 2.05) is 25.1 Å². The normalized spacial score (nSPS) is 17.3. The van der Waals surface area contributed by atoms with Crippen LogP contribution in [0.1, 0.15) is 36.0 Å². The highest BCUT2D eigenvalue weighted by Crippen LogP contribution is 2.30. The van der Waals surface area contributed by atoms with Gasteiger partial charge in [0, 0.05) is 19.3 Å². The third-order valence-electron chi connectivity index (χ3n) is 4.35. The van der Waals surface area contributed by atoms with Crippen LogP contribution in [0.25, 0.3) is 0 Å². The first-order chi connectivity index (χ1) is 12.0. The van der Waals surface area contributed by atoms with Crippen LogP contribution in [0.2, 0.25) is 0 Å². The van der Waals surface area contributed by atoms with E-state index in [9.17, 15) is 9.18 Å². The molecule has 0 unspecified atom stereocenters. The Bertz CT molecular complexity index is 732. The fraction of sp³-hybridized carbons (Fsp3) is 0.421. The van der Waals surface area contributed by atoms with E-state index in [1.165, 1.54) is 12.1 Å². The fourth-order valence-electron chi connectivity index (χ4n) is 3.20. The van der Waals surface area contributed by atoms with Crippen molar-refractivity contribution < 1.29 is 9.18 Å². The zero-order valence-electron chi connectivity index (χ0n) is 14.7. The number of carbonyl (C=O) groups is 1. The first-order valence-electron chi connectivity index (χ1n) is 8.53. The molecule has 6 heteroatoms. The number of hydrogen-bond acceptors (Lipinski definition) is 4. The number of amides is 1. The Morgan fingerprint density at radius 1 is 1.28 bits per heavy atom. The minimum atomic E-state index is -0.290. The van der Waals surface area contributed by atoms with Crippen molar-refractivity contribution in [1.29, 1.82) is 0 Å². The zero-order valence-corrected chi connectivity index (χ0v) is 14.7. The summed E-state index contributed by atoms with van der Waals surface area (Å²) in [7, 11) is 3.99. The van der Waals surface area contributed by atoms with Crippen molar-refractivity contribution in [3.63, 3.8) is 0 Å². The molecule has 1 aromatic heterocycles. The summed E-state index contributed by atoms with van der Waals surface area (Å²) in [6, 6.07) is 7.92. The van der Waals surface area contributed by atoms with Crippen molar-refractivity contribution in [1.82, 2.24) is 19.8 Å². The van der Waals surface area contributed by atoms with Crippen molar-refractivity contribution in [2.45, 2.75) is 31.8 Å². The highest BCUT2D eigenvalue weighted by Gasteiger charge is 2.31. The van der Waals surface area contributed by atoms with Gasteiger partial charge in [-0.2, -0.15) is 0 Å². The summed E-state index contributed by atoms with van der Waals surface area (Å²) < 4.78 is 13.0. The van der Waals surface area contributed by atoms with Crippen LogP contribution in [0.15, 0.2) is 36.5 Å². The van der Waals surface area contributed by atoms with E-state index in [2.05, 4.69) is 14.9 Å². The Kier molecular flexibility index (Phi) is 5.38. The van der Waals surface area contributed by atoms with E-state index in [4.69, 9.17) is 0 Å². The maximum absolute atomic E-state index is 13.0. The van der Waals surface area contributed by atoms with Crippen molar-refractivity contribution in [3.05, 3.63) is 59.4 Å². The van der Waals surface area contributed by atoms with Gasteiger partial charge < -0.3 is 9.80 Å². The van der Waals surface area contributed by atoms with Gasteiger partial charge in [0.25, 0.3) is 0 Å². The number of carbonyl (C=O) groups excluding carboxylic acids is 1. The highest BCUT2D eigenvalue weighted by molar-refractivity contribution is 5.79. The molecule has 1 aromatic carbocycles. The summed E-state index contributed by atoms with van der Waals surface area (Å²) in [6.07, 6.45) is 3.86. The predicted molar refractivity (Wildman–Crippen MR) is 93.2 cm³/mol. The minimum Gasteiger partial charge on any atom is -0.332 e. The largest absolute Gasteiger partial charge is 0.332 e. The SMILES string of the molecule is CN(C)Cc1ccnc([C@H]2CCCN2C(=O)Cc2ccc(F)cc2)n1. The zero-order chi connectivity index (χ0) is 17.8. The summed E-state index contributed by atoms with van der Waals surface area (Å²) in [5.74, 6) is 0.460. The van der Waals surface area contributed by atoms with Gasteiger partial charge in [-0.1, -0.05) is 12.1 Å². The van der Waals surface area contributed by atoms with Crippen LogP contribution >= 0.6 is 0 Å². The summed E-state index contributed by atoms with van der Waals surface area (Å²) in [5, 5.41) is 0. The van der Waals surface area contributed by atoms with Gasteiger partial charge in [-0.05, 0) is 50.7 Å². The van der Waals surface area contributed by atoms with Gasteiger partial charge in [0.2, 0.25) is 5.91 Å². The molecule has 132 valence electrons. The van der Waals surface area contributed by atoms with Crippen LogP contribution in [0.4, 0.5) is 4.39 Å². The number of likely N-dealkylation sites (tertiary alicyclic amines) is 1. The topological polar surface area (TPSA) is 49.3 Å². The molecule has 25 heavy (non-hydrogen) atoms. The average Bonchev–Trinajstić information content (AvgIpc) is 3.06. The molecule has 0 saturated carbocycles. The van der Waals surface area contributed by atoms with E-state index >= 15 is 0 Å². The molecule has 1 fully saturated rings. The van der Waals surface area contributed by atoms with Crippen molar-refractivity contribution in [2.75, 3.05) is 20.6 Å². The number of rotatable bonds is 5.